The Morgan fingerprint density at radius 1 is 1.12 bits per heavy atom. The normalized spacial score (nSPS) is 30.4. The van der Waals surface area contributed by atoms with E-state index >= 15 is 0 Å². The molecule has 1 aliphatic carbocycles. The number of sulfonamides is 1. The molecule has 138 valence electrons. The number of rotatable bonds is 6. The second-order valence-electron chi connectivity index (χ2n) is 8.44. The fraction of sp³-hybridized carbons (Fsp3) is 0.667. The first-order valence-corrected chi connectivity index (χ1v) is 10.7. The fourth-order valence-electron chi connectivity index (χ4n) is 3.69. The van der Waals surface area contributed by atoms with Gasteiger partial charge in [-0.15, -0.1) is 0 Å². The molecule has 1 aromatic carbocycles. The van der Waals surface area contributed by atoms with Gasteiger partial charge in [0.15, 0.2) is 0 Å². The first-order valence-electron chi connectivity index (χ1n) is 8.81. The average Bonchev–Trinajstić information content (AvgIpc) is 3.13. The Bertz CT molecular complexity index is 719. The van der Waals surface area contributed by atoms with Gasteiger partial charge in [0, 0.05) is 12.0 Å². The summed E-state index contributed by atoms with van der Waals surface area (Å²) >= 11 is 0. The van der Waals surface area contributed by atoms with Crippen LogP contribution in [0.1, 0.15) is 39.7 Å². The molecular weight excluding hydrogens is 337 g/mol. The van der Waals surface area contributed by atoms with E-state index in [1.54, 1.807) is 0 Å². The predicted molar refractivity (Wildman–Crippen MR) is 100.0 cm³/mol. The van der Waals surface area contributed by atoms with E-state index in [2.05, 4.69) is 44.5 Å². The standard InChI is InChI=1S/C18H28BNO4S/c1-16(2)17(3,4)24-19(23-16)12-15-11-18(15,13-20-25(5,21)22)14-9-7-6-8-10-14/h6-10,15,20H,11-13H2,1-5H3/t15-,18-/m1/s1. The van der Waals surface area contributed by atoms with Gasteiger partial charge in [-0.3, -0.25) is 0 Å². The zero-order chi connectivity index (χ0) is 18.5. The molecular formula is C18H28BNO4S. The van der Waals surface area contributed by atoms with Crippen LogP contribution in [0.2, 0.25) is 6.32 Å². The monoisotopic (exact) mass is 365 g/mol. The highest BCUT2D eigenvalue weighted by Crippen LogP contribution is 2.57. The molecule has 2 fully saturated rings. The maximum Gasteiger partial charge on any atom is 0.458 e. The summed E-state index contributed by atoms with van der Waals surface area (Å²) in [6, 6.07) is 10.1. The molecule has 0 spiro atoms. The van der Waals surface area contributed by atoms with Crippen LogP contribution in [0.4, 0.5) is 0 Å². The first-order chi connectivity index (χ1) is 11.5. The van der Waals surface area contributed by atoms with Gasteiger partial charge in [0.2, 0.25) is 10.0 Å². The Hall–Kier alpha value is -0.885. The largest absolute Gasteiger partial charge is 0.458 e. The third-order valence-corrected chi connectivity index (χ3v) is 6.68. The van der Waals surface area contributed by atoms with Gasteiger partial charge in [0.1, 0.15) is 0 Å². The van der Waals surface area contributed by atoms with E-state index in [-0.39, 0.29) is 23.7 Å². The van der Waals surface area contributed by atoms with Gasteiger partial charge in [-0.25, -0.2) is 13.1 Å². The smallest absolute Gasteiger partial charge is 0.403 e. The van der Waals surface area contributed by atoms with Crippen molar-refractivity contribution in [2.24, 2.45) is 5.92 Å². The van der Waals surface area contributed by atoms with Crippen molar-refractivity contribution in [3.8, 4) is 0 Å². The third kappa shape index (κ3) is 3.79. The molecule has 1 aliphatic heterocycles. The van der Waals surface area contributed by atoms with Gasteiger partial charge >= 0.3 is 7.12 Å². The van der Waals surface area contributed by atoms with Gasteiger partial charge in [-0.05, 0) is 51.9 Å². The number of hydrogen-bond donors (Lipinski definition) is 1. The highest BCUT2D eigenvalue weighted by atomic mass is 32.2. The van der Waals surface area contributed by atoms with Crippen LogP contribution in [0, 0.1) is 5.92 Å². The van der Waals surface area contributed by atoms with Crippen molar-refractivity contribution in [2.75, 3.05) is 12.8 Å². The molecule has 1 saturated carbocycles. The molecule has 3 rings (SSSR count). The molecule has 2 atom stereocenters. The minimum Gasteiger partial charge on any atom is -0.403 e. The molecule has 1 aromatic rings. The molecule has 0 unspecified atom stereocenters. The number of nitrogens with one attached hydrogen (secondary N) is 1. The summed E-state index contributed by atoms with van der Waals surface area (Å²) < 4.78 is 38.2. The van der Waals surface area contributed by atoms with Crippen molar-refractivity contribution in [3.63, 3.8) is 0 Å². The Kier molecular flexibility index (Phi) is 4.60. The second kappa shape index (κ2) is 6.08. The van der Waals surface area contributed by atoms with Crippen molar-refractivity contribution >= 4 is 17.1 Å². The molecule has 0 radical (unpaired) electrons. The Morgan fingerprint density at radius 3 is 2.20 bits per heavy atom. The van der Waals surface area contributed by atoms with E-state index in [9.17, 15) is 8.42 Å². The topological polar surface area (TPSA) is 64.6 Å². The van der Waals surface area contributed by atoms with E-state index in [4.69, 9.17) is 9.31 Å². The lowest BCUT2D eigenvalue weighted by molar-refractivity contribution is 0.00578. The highest BCUT2D eigenvalue weighted by Gasteiger charge is 2.59. The van der Waals surface area contributed by atoms with Crippen LogP contribution in [0.15, 0.2) is 30.3 Å². The highest BCUT2D eigenvalue weighted by molar-refractivity contribution is 7.88. The van der Waals surface area contributed by atoms with Crippen LogP contribution >= 0.6 is 0 Å². The van der Waals surface area contributed by atoms with Crippen LogP contribution in [-0.2, 0) is 24.7 Å². The summed E-state index contributed by atoms with van der Waals surface area (Å²) in [7, 11) is -3.48. The number of hydrogen-bond acceptors (Lipinski definition) is 4. The van der Waals surface area contributed by atoms with Gasteiger partial charge in [0.25, 0.3) is 0 Å². The fourth-order valence-corrected chi connectivity index (χ4v) is 4.21. The molecule has 0 aromatic heterocycles. The summed E-state index contributed by atoms with van der Waals surface area (Å²) in [6.45, 7) is 8.62. The maximum atomic E-state index is 11.6. The van der Waals surface area contributed by atoms with E-state index < -0.39 is 10.0 Å². The van der Waals surface area contributed by atoms with Crippen molar-refractivity contribution in [1.29, 1.82) is 0 Å². The Morgan fingerprint density at radius 2 is 1.68 bits per heavy atom. The molecule has 7 heteroatoms. The second-order valence-corrected chi connectivity index (χ2v) is 10.3. The van der Waals surface area contributed by atoms with Gasteiger partial charge in [-0.1, -0.05) is 30.3 Å². The summed E-state index contributed by atoms with van der Waals surface area (Å²) in [5.41, 5.74) is 0.320. The van der Waals surface area contributed by atoms with Gasteiger partial charge in [0.05, 0.1) is 17.5 Å². The van der Waals surface area contributed by atoms with Crippen LogP contribution in [-0.4, -0.2) is 39.5 Å². The minimum absolute atomic E-state index is 0.173. The molecule has 1 saturated heterocycles. The summed E-state index contributed by atoms with van der Waals surface area (Å²) in [4.78, 5) is 0. The van der Waals surface area contributed by atoms with Crippen molar-refractivity contribution in [3.05, 3.63) is 35.9 Å². The van der Waals surface area contributed by atoms with Crippen LogP contribution in [0.5, 0.6) is 0 Å². The van der Waals surface area contributed by atoms with Crippen molar-refractivity contribution in [1.82, 2.24) is 4.72 Å². The van der Waals surface area contributed by atoms with Crippen molar-refractivity contribution < 1.29 is 17.7 Å². The summed E-state index contributed by atoms with van der Waals surface area (Å²) in [6.07, 6.45) is 2.91. The SMILES string of the molecule is CC1(C)OB(C[C@H]2C[C@@]2(CNS(C)(=O)=O)c2ccccc2)OC1(C)C. The van der Waals surface area contributed by atoms with Crippen LogP contribution < -0.4 is 4.72 Å². The molecule has 5 nitrogen and oxygen atoms in total. The molecule has 2 aliphatic rings. The lowest BCUT2D eigenvalue weighted by Crippen LogP contribution is -2.41. The zero-order valence-electron chi connectivity index (χ0n) is 15.7. The van der Waals surface area contributed by atoms with Gasteiger partial charge in [-0.2, -0.15) is 0 Å². The quantitative estimate of drug-likeness (QED) is 0.787. The molecule has 1 heterocycles. The average molecular weight is 365 g/mol. The lowest BCUT2D eigenvalue weighted by Gasteiger charge is -2.32. The van der Waals surface area contributed by atoms with E-state index in [1.165, 1.54) is 11.8 Å². The summed E-state index contributed by atoms with van der Waals surface area (Å²) in [5, 5.41) is 0. The number of benzene rings is 1. The predicted octanol–water partition coefficient (Wildman–Crippen LogP) is 2.59. The first kappa shape index (κ1) is 18.9. The minimum atomic E-state index is -3.23. The maximum absolute atomic E-state index is 11.6. The molecule has 25 heavy (non-hydrogen) atoms. The molecule has 0 amide bonds. The zero-order valence-corrected chi connectivity index (χ0v) is 16.5. The van der Waals surface area contributed by atoms with Crippen LogP contribution in [0.25, 0.3) is 0 Å². The molecule has 1 N–H and O–H groups in total. The van der Waals surface area contributed by atoms with E-state index in [0.717, 1.165) is 12.7 Å². The Labute approximate surface area is 151 Å². The van der Waals surface area contributed by atoms with Crippen molar-refractivity contribution in [2.45, 2.75) is 57.1 Å². The van der Waals surface area contributed by atoms with Gasteiger partial charge < -0.3 is 9.31 Å². The van der Waals surface area contributed by atoms with E-state index in [0.29, 0.717) is 12.5 Å². The lowest BCUT2D eigenvalue weighted by atomic mass is 9.78. The summed E-state index contributed by atoms with van der Waals surface area (Å²) in [5.74, 6) is 0.332. The molecule has 0 bridgehead atoms. The third-order valence-electron chi connectivity index (χ3n) is 6.01. The van der Waals surface area contributed by atoms with Crippen LogP contribution in [0.3, 0.4) is 0 Å². The Balaban J connectivity index is 1.74. The van der Waals surface area contributed by atoms with E-state index in [1.807, 2.05) is 18.2 Å².